The molecule has 4 amide bonds. The lowest BCUT2D eigenvalue weighted by atomic mass is 9.92. The van der Waals surface area contributed by atoms with Gasteiger partial charge in [0.2, 0.25) is 5.91 Å². The maximum Gasteiger partial charge on any atom is 0.322 e. The van der Waals surface area contributed by atoms with E-state index in [4.69, 9.17) is 0 Å². The summed E-state index contributed by atoms with van der Waals surface area (Å²) in [6, 6.07) is 11.8. The number of imide groups is 1. The standard InChI is InChI=1S/C20H20N4O5S/c1-20(18(26)21-19(27)22-20)13-4-6-14(7-5-13)23-30(28,29)16-10-8-15(9-11-16)24-12-2-3-17(24)25/h4-11,23H,2-3,12H2,1H3,(H2,21,22,26,27). The maximum atomic E-state index is 12.7. The molecule has 30 heavy (non-hydrogen) atoms. The van der Waals surface area contributed by atoms with E-state index in [1.165, 1.54) is 24.3 Å². The van der Waals surface area contributed by atoms with E-state index in [9.17, 15) is 22.8 Å². The summed E-state index contributed by atoms with van der Waals surface area (Å²) in [4.78, 5) is 37.0. The molecule has 2 fully saturated rings. The van der Waals surface area contributed by atoms with Gasteiger partial charge in [0.25, 0.3) is 15.9 Å². The number of nitrogens with zero attached hydrogens (tertiary/aromatic N) is 1. The SMILES string of the molecule is CC1(c2ccc(NS(=O)(=O)c3ccc(N4CCCC4=O)cc3)cc2)NC(=O)NC1=O. The highest BCUT2D eigenvalue weighted by Gasteiger charge is 2.43. The van der Waals surface area contributed by atoms with Gasteiger partial charge in [-0.2, -0.15) is 0 Å². The van der Waals surface area contributed by atoms with Gasteiger partial charge in [-0.05, 0) is 55.3 Å². The molecule has 0 aliphatic carbocycles. The topological polar surface area (TPSA) is 125 Å². The number of hydrogen-bond acceptors (Lipinski definition) is 5. The molecule has 10 heteroatoms. The largest absolute Gasteiger partial charge is 0.322 e. The van der Waals surface area contributed by atoms with Gasteiger partial charge >= 0.3 is 6.03 Å². The lowest BCUT2D eigenvalue weighted by Gasteiger charge is -2.21. The van der Waals surface area contributed by atoms with E-state index in [1.807, 2.05) is 0 Å². The van der Waals surface area contributed by atoms with Crippen LogP contribution < -0.4 is 20.3 Å². The Balaban J connectivity index is 1.50. The summed E-state index contributed by atoms with van der Waals surface area (Å²) in [6.45, 7) is 2.20. The van der Waals surface area contributed by atoms with E-state index < -0.39 is 27.5 Å². The van der Waals surface area contributed by atoms with Crippen LogP contribution in [0.3, 0.4) is 0 Å². The van der Waals surface area contributed by atoms with Crippen LogP contribution in [0, 0.1) is 0 Å². The third-order valence-corrected chi connectivity index (χ3v) is 6.69. The van der Waals surface area contributed by atoms with Crippen LogP contribution in [0.5, 0.6) is 0 Å². The van der Waals surface area contributed by atoms with Crippen molar-refractivity contribution in [1.82, 2.24) is 10.6 Å². The van der Waals surface area contributed by atoms with E-state index in [0.29, 0.717) is 29.9 Å². The monoisotopic (exact) mass is 428 g/mol. The van der Waals surface area contributed by atoms with Crippen LogP contribution >= 0.6 is 0 Å². The summed E-state index contributed by atoms with van der Waals surface area (Å²) in [5, 5.41) is 4.74. The fraction of sp³-hybridized carbons (Fsp3) is 0.250. The molecule has 1 unspecified atom stereocenters. The van der Waals surface area contributed by atoms with Crippen LogP contribution in [-0.4, -0.2) is 32.8 Å². The molecular weight excluding hydrogens is 408 g/mol. The lowest BCUT2D eigenvalue weighted by Crippen LogP contribution is -2.40. The third-order valence-electron chi connectivity index (χ3n) is 5.29. The van der Waals surface area contributed by atoms with E-state index in [2.05, 4.69) is 15.4 Å². The Morgan fingerprint density at radius 2 is 1.67 bits per heavy atom. The molecule has 2 aromatic rings. The number of carbonyl (C=O) groups is 3. The number of urea groups is 1. The number of carbonyl (C=O) groups excluding carboxylic acids is 3. The van der Waals surface area contributed by atoms with Crippen LogP contribution in [0.2, 0.25) is 0 Å². The first kappa shape index (κ1) is 19.9. The van der Waals surface area contributed by atoms with Crippen molar-refractivity contribution in [3.63, 3.8) is 0 Å². The Hall–Kier alpha value is -3.40. The average Bonchev–Trinajstić information content (AvgIpc) is 3.24. The van der Waals surface area contributed by atoms with Crippen molar-refractivity contribution in [2.24, 2.45) is 0 Å². The molecule has 2 aromatic carbocycles. The zero-order valence-electron chi connectivity index (χ0n) is 16.1. The quantitative estimate of drug-likeness (QED) is 0.625. The number of sulfonamides is 1. The molecule has 4 rings (SSSR count). The van der Waals surface area contributed by atoms with Crippen LogP contribution in [0.15, 0.2) is 53.4 Å². The van der Waals surface area contributed by atoms with Crippen molar-refractivity contribution in [3.05, 3.63) is 54.1 Å². The molecule has 0 radical (unpaired) electrons. The molecule has 0 saturated carbocycles. The number of anilines is 2. The second-order valence-corrected chi connectivity index (χ2v) is 9.04. The molecule has 0 spiro atoms. The molecular formula is C20H20N4O5S. The predicted molar refractivity (Wildman–Crippen MR) is 109 cm³/mol. The van der Waals surface area contributed by atoms with Gasteiger partial charge in [-0.15, -0.1) is 0 Å². The highest BCUT2D eigenvalue weighted by atomic mass is 32.2. The first-order chi connectivity index (χ1) is 14.2. The maximum absolute atomic E-state index is 12.7. The van der Waals surface area contributed by atoms with Gasteiger partial charge in [0.15, 0.2) is 0 Å². The molecule has 2 aliphatic heterocycles. The van der Waals surface area contributed by atoms with Gasteiger partial charge in [0.05, 0.1) is 4.90 Å². The van der Waals surface area contributed by atoms with Crippen molar-refractivity contribution in [2.45, 2.75) is 30.2 Å². The van der Waals surface area contributed by atoms with Crippen LogP contribution in [0.25, 0.3) is 0 Å². The van der Waals surface area contributed by atoms with Gasteiger partial charge in [-0.1, -0.05) is 12.1 Å². The molecule has 2 saturated heterocycles. The molecule has 3 N–H and O–H groups in total. The number of nitrogens with one attached hydrogen (secondary N) is 3. The fourth-order valence-electron chi connectivity index (χ4n) is 3.56. The summed E-state index contributed by atoms with van der Waals surface area (Å²) < 4.78 is 27.9. The van der Waals surface area contributed by atoms with Crippen molar-refractivity contribution in [2.75, 3.05) is 16.2 Å². The second-order valence-electron chi connectivity index (χ2n) is 7.36. The summed E-state index contributed by atoms with van der Waals surface area (Å²) in [5.74, 6) is -0.443. The molecule has 9 nitrogen and oxygen atoms in total. The number of benzene rings is 2. The number of hydrogen-bond donors (Lipinski definition) is 3. The van der Waals surface area contributed by atoms with Gasteiger partial charge < -0.3 is 10.2 Å². The molecule has 1 atom stereocenters. The summed E-state index contributed by atoms with van der Waals surface area (Å²) >= 11 is 0. The Bertz CT molecular complexity index is 1130. The van der Waals surface area contributed by atoms with Crippen LogP contribution in [0.4, 0.5) is 16.2 Å². The van der Waals surface area contributed by atoms with Gasteiger partial charge in [0, 0.05) is 24.3 Å². The molecule has 0 bridgehead atoms. The summed E-state index contributed by atoms with van der Waals surface area (Å²) in [6.07, 6.45) is 1.29. The first-order valence-electron chi connectivity index (χ1n) is 9.36. The van der Waals surface area contributed by atoms with E-state index in [-0.39, 0.29) is 10.8 Å². The Kier molecular flexibility index (Phi) is 4.73. The van der Waals surface area contributed by atoms with Gasteiger partial charge in [-0.3, -0.25) is 19.6 Å². The Morgan fingerprint density at radius 1 is 1.00 bits per heavy atom. The predicted octanol–water partition coefficient (Wildman–Crippen LogP) is 1.67. The van der Waals surface area contributed by atoms with Crippen molar-refractivity contribution >= 4 is 39.2 Å². The molecule has 0 aromatic heterocycles. The highest BCUT2D eigenvalue weighted by molar-refractivity contribution is 7.92. The minimum absolute atomic E-state index is 0.0321. The minimum Gasteiger partial charge on any atom is -0.320 e. The fourth-order valence-corrected chi connectivity index (χ4v) is 4.62. The molecule has 156 valence electrons. The van der Waals surface area contributed by atoms with Crippen molar-refractivity contribution in [1.29, 1.82) is 0 Å². The van der Waals surface area contributed by atoms with Crippen molar-refractivity contribution in [3.8, 4) is 0 Å². The van der Waals surface area contributed by atoms with Crippen LogP contribution in [-0.2, 0) is 25.2 Å². The normalized spacial score (nSPS) is 21.5. The van der Waals surface area contributed by atoms with E-state index in [0.717, 1.165) is 6.42 Å². The van der Waals surface area contributed by atoms with E-state index >= 15 is 0 Å². The second kappa shape index (κ2) is 7.13. The minimum atomic E-state index is -3.84. The Labute approximate surface area is 173 Å². The average molecular weight is 428 g/mol. The lowest BCUT2D eigenvalue weighted by molar-refractivity contribution is -0.123. The third kappa shape index (κ3) is 3.50. The smallest absolute Gasteiger partial charge is 0.320 e. The zero-order chi connectivity index (χ0) is 21.5. The van der Waals surface area contributed by atoms with Crippen molar-refractivity contribution < 1.29 is 22.8 Å². The Morgan fingerprint density at radius 3 is 2.20 bits per heavy atom. The molecule has 2 heterocycles. The highest BCUT2D eigenvalue weighted by Crippen LogP contribution is 2.27. The number of rotatable bonds is 5. The summed E-state index contributed by atoms with van der Waals surface area (Å²) in [7, 11) is -3.84. The zero-order valence-corrected chi connectivity index (χ0v) is 17.0. The van der Waals surface area contributed by atoms with E-state index in [1.54, 1.807) is 36.1 Å². The van der Waals surface area contributed by atoms with Crippen LogP contribution in [0.1, 0.15) is 25.3 Å². The molecule has 2 aliphatic rings. The first-order valence-corrected chi connectivity index (χ1v) is 10.8. The summed E-state index contributed by atoms with van der Waals surface area (Å²) in [5.41, 5.74) is 0.294. The number of amides is 4. The van der Waals surface area contributed by atoms with Gasteiger partial charge in [0.1, 0.15) is 5.54 Å². The van der Waals surface area contributed by atoms with Gasteiger partial charge in [-0.25, -0.2) is 13.2 Å².